The average molecular weight is 409 g/mol. The standard InChI is InChI=1S/C23H17ClO5/c1-15-2-4-18(5-3-15)23(27)29-20-12-8-16(9-13-20)21(25)14-28-22(26)17-6-10-19(24)11-7-17/h2-13H,14H2,1H3. The van der Waals surface area contributed by atoms with Crippen LogP contribution in [-0.2, 0) is 4.74 Å². The monoisotopic (exact) mass is 408 g/mol. The van der Waals surface area contributed by atoms with Crippen LogP contribution in [0.2, 0.25) is 5.02 Å². The van der Waals surface area contributed by atoms with Gasteiger partial charge in [-0.3, -0.25) is 4.79 Å². The molecule has 0 amide bonds. The van der Waals surface area contributed by atoms with Crippen LogP contribution in [0.3, 0.4) is 0 Å². The summed E-state index contributed by atoms with van der Waals surface area (Å²) in [6.45, 7) is 1.53. The Labute approximate surface area is 172 Å². The third kappa shape index (κ3) is 5.53. The van der Waals surface area contributed by atoms with E-state index in [1.807, 2.05) is 19.1 Å². The largest absolute Gasteiger partial charge is 0.454 e. The highest BCUT2D eigenvalue weighted by Gasteiger charge is 2.13. The van der Waals surface area contributed by atoms with Gasteiger partial charge in [0.25, 0.3) is 0 Å². The molecule has 0 fully saturated rings. The number of rotatable bonds is 6. The summed E-state index contributed by atoms with van der Waals surface area (Å²) in [7, 11) is 0. The molecule has 29 heavy (non-hydrogen) atoms. The fourth-order valence-electron chi connectivity index (χ4n) is 2.45. The van der Waals surface area contributed by atoms with E-state index in [9.17, 15) is 14.4 Å². The number of halogens is 1. The lowest BCUT2D eigenvalue weighted by atomic mass is 10.1. The Kier molecular flexibility index (Phi) is 6.42. The normalized spacial score (nSPS) is 10.3. The molecular weight excluding hydrogens is 392 g/mol. The van der Waals surface area contributed by atoms with Crippen LogP contribution >= 0.6 is 11.6 Å². The number of carbonyl (C=O) groups is 3. The molecule has 0 radical (unpaired) electrons. The van der Waals surface area contributed by atoms with Gasteiger partial charge in [0.15, 0.2) is 12.4 Å². The predicted molar refractivity (Wildman–Crippen MR) is 109 cm³/mol. The van der Waals surface area contributed by atoms with E-state index in [-0.39, 0.29) is 5.78 Å². The summed E-state index contributed by atoms with van der Waals surface area (Å²) in [5.41, 5.74) is 2.12. The van der Waals surface area contributed by atoms with Gasteiger partial charge < -0.3 is 9.47 Å². The fraction of sp³-hybridized carbons (Fsp3) is 0.0870. The molecule has 3 rings (SSSR count). The topological polar surface area (TPSA) is 69.7 Å². The molecule has 0 atom stereocenters. The van der Waals surface area contributed by atoms with Gasteiger partial charge >= 0.3 is 11.9 Å². The molecule has 0 aromatic heterocycles. The van der Waals surface area contributed by atoms with E-state index in [1.54, 1.807) is 24.3 Å². The molecule has 0 unspecified atom stereocenters. The summed E-state index contributed by atoms with van der Waals surface area (Å²) in [4.78, 5) is 36.3. The van der Waals surface area contributed by atoms with Crippen molar-refractivity contribution in [3.8, 4) is 5.75 Å². The number of esters is 2. The molecule has 0 aliphatic rings. The zero-order valence-electron chi connectivity index (χ0n) is 15.6. The smallest absolute Gasteiger partial charge is 0.343 e. The van der Waals surface area contributed by atoms with Crippen LogP contribution in [0, 0.1) is 6.92 Å². The zero-order chi connectivity index (χ0) is 20.8. The van der Waals surface area contributed by atoms with Crippen LogP contribution in [-0.4, -0.2) is 24.3 Å². The van der Waals surface area contributed by atoms with Crippen LogP contribution in [0.25, 0.3) is 0 Å². The van der Waals surface area contributed by atoms with Crippen molar-refractivity contribution in [3.05, 3.63) is 100 Å². The summed E-state index contributed by atoms with van der Waals surface area (Å²) in [6, 6.07) is 19.2. The Balaban J connectivity index is 1.55. The van der Waals surface area contributed by atoms with Crippen molar-refractivity contribution in [3.63, 3.8) is 0 Å². The molecule has 146 valence electrons. The van der Waals surface area contributed by atoms with Crippen molar-refractivity contribution >= 4 is 29.3 Å². The number of aryl methyl sites for hydroxylation is 1. The molecule has 0 bridgehead atoms. The van der Waals surface area contributed by atoms with E-state index < -0.39 is 18.5 Å². The summed E-state index contributed by atoms with van der Waals surface area (Å²) >= 11 is 5.77. The first-order valence-corrected chi connectivity index (χ1v) is 9.15. The van der Waals surface area contributed by atoms with E-state index in [2.05, 4.69) is 0 Å². The van der Waals surface area contributed by atoms with Crippen molar-refractivity contribution in [1.82, 2.24) is 0 Å². The van der Waals surface area contributed by atoms with Crippen molar-refractivity contribution in [1.29, 1.82) is 0 Å². The SMILES string of the molecule is Cc1ccc(C(=O)Oc2ccc(C(=O)COC(=O)c3ccc(Cl)cc3)cc2)cc1. The van der Waals surface area contributed by atoms with Gasteiger partial charge in [0.2, 0.25) is 0 Å². The second-order valence-electron chi connectivity index (χ2n) is 6.29. The Morgan fingerprint density at radius 1 is 0.724 bits per heavy atom. The highest BCUT2D eigenvalue weighted by atomic mass is 35.5. The molecule has 0 aliphatic heterocycles. The summed E-state index contributed by atoms with van der Waals surface area (Å²) in [6.07, 6.45) is 0. The summed E-state index contributed by atoms with van der Waals surface area (Å²) < 4.78 is 10.3. The maximum atomic E-state index is 12.2. The van der Waals surface area contributed by atoms with Crippen LogP contribution in [0.15, 0.2) is 72.8 Å². The van der Waals surface area contributed by atoms with Crippen molar-refractivity contribution in [2.75, 3.05) is 6.61 Å². The highest BCUT2D eigenvalue weighted by Crippen LogP contribution is 2.16. The summed E-state index contributed by atoms with van der Waals surface area (Å²) in [5, 5.41) is 0.501. The maximum absolute atomic E-state index is 12.2. The number of hydrogen-bond acceptors (Lipinski definition) is 5. The van der Waals surface area contributed by atoms with Crippen molar-refractivity contribution < 1.29 is 23.9 Å². The third-order valence-corrected chi connectivity index (χ3v) is 4.34. The molecule has 3 aromatic rings. The van der Waals surface area contributed by atoms with Gasteiger partial charge in [0.05, 0.1) is 11.1 Å². The van der Waals surface area contributed by atoms with Gasteiger partial charge in [0.1, 0.15) is 5.75 Å². The molecule has 0 aliphatic carbocycles. The zero-order valence-corrected chi connectivity index (χ0v) is 16.3. The highest BCUT2D eigenvalue weighted by molar-refractivity contribution is 6.30. The Hall–Kier alpha value is -3.44. The van der Waals surface area contributed by atoms with Gasteiger partial charge in [-0.25, -0.2) is 9.59 Å². The Morgan fingerprint density at radius 2 is 1.24 bits per heavy atom. The average Bonchev–Trinajstić information content (AvgIpc) is 2.73. The third-order valence-electron chi connectivity index (χ3n) is 4.09. The second kappa shape index (κ2) is 9.17. The van der Waals surface area contributed by atoms with Crippen molar-refractivity contribution in [2.45, 2.75) is 6.92 Å². The predicted octanol–water partition coefficient (Wildman–Crippen LogP) is 4.91. The molecule has 0 N–H and O–H groups in total. The van der Waals surface area contributed by atoms with E-state index in [4.69, 9.17) is 21.1 Å². The molecule has 0 saturated heterocycles. The first kappa shape index (κ1) is 20.3. The van der Waals surface area contributed by atoms with Gasteiger partial charge in [-0.2, -0.15) is 0 Å². The Bertz CT molecular complexity index is 1020. The molecule has 0 heterocycles. The lowest BCUT2D eigenvalue weighted by Gasteiger charge is -2.07. The molecule has 5 nitrogen and oxygen atoms in total. The lowest BCUT2D eigenvalue weighted by molar-refractivity contribution is 0.0474. The fourth-order valence-corrected chi connectivity index (χ4v) is 2.57. The summed E-state index contributed by atoms with van der Waals surface area (Å²) in [5.74, 6) is -1.16. The van der Waals surface area contributed by atoms with Crippen molar-refractivity contribution in [2.24, 2.45) is 0 Å². The number of Topliss-reactive ketones (excluding diaryl/α,β-unsaturated/α-hetero) is 1. The minimum Gasteiger partial charge on any atom is -0.454 e. The van der Waals surface area contributed by atoms with E-state index in [1.165, 1.54) is 36.4 Å². The molecule has 0 saturated carbocycles. The van der Waals surface area contributed by atoms with E-state index in [0.717, 1.165) is 5.56 Å². The number of carbonyl (C=O) groups excluding carboxylic acids is 3. The van der Waals surface area contributed by atoms with Crippen LogP contribution < -0.4 is 4.74 Å². The number of hydrogen-bond donors (Lipinski definition) is 0. The first-order chi connectivity index (χ1) is 13.9. The lowest BCUT2D eigenvalue weighted by Crippen LogP contribution is -2.14. The van der Waals surface area contributed by atoms with Crippen LogP contribution in [0.1, 0.15) is 36.6 Å². The van der Waals surface area contributed by atoms with E-state index in [0.29, 0.717) is 27.5 Å². The number of ether oxygens (including phenoxy) is 2. The van der Waals surface area contributed by atoms with Crippen LogP contribution in [0.5, 0.6) is 5.75 Å². The molecular formula is C23H17ClO5. The quantitative estimate of drug-likeness (QED) is 0.329. The van der Waals surface area contributed by atoms with Gasteiger partial charge in [-0.1, -0.05) is 29.3 Å². The molecule has 6 heteroatoms. The molecule has 0 spiro atoms. The molecule has 3 aromatic carbocycles. The maximum Gasteiger partial charge on any atom is 0.343 e. The van der Waals surface area contributed by atoms with E-state index >= 15 is 0 Å². The van der Waals surface area contributed by atoms with Gasteiger partial charge in [-0.05, 0) is 67.6 Å². The Morgan fingerprint density at radius 3 is 1.86 bits per heavy atom. The minimum absolute atomic E-state index is 0.306. The van der Waals surface area contributed by atoms with Crippen LogP contribution in [0.4, 0.5) is 0 Å². The van der Waals surface area contributed by atoms with Gasteiger partial charge in [0, 0.05) is 10.6 Å². The number of ketones is 1. The minimum atomic E-state index is -0.612. The van der Waals surface area contributed by atoms with Gasteiger partial charge in [-0.15, -0.1) is 0 Å². The first-order valence-electron chi connectivity index (χ1n) is 8.77. The number of benzene rings is 3. The second-order valence-corrected chi connectivity index (χ2v) is 6.72.